The van der Waals surface area contributed by atoms with Crippen molar-refractivity contribution in [3.63, 3.8) is 0 Å². The third kappa shape index (κ3) is 3.92. The van der Waals surface area contributed by atoms with Crippen molar-refractivity contribution in [3.8, 4) is 11.5 Å². The Balaban J connectivity index is 1.48. The Morgan fingerprint density at radius 1 is 1.03 bits per heavy atom. The summed E-state index contributed by atoms with van der Waals surface area (Å²) in [5.74, 6) is 1.53. The van der Waals surface area contributed by atoms with Gasteiger partial charge in [-0.1, -0.05) is 0 Å². The van der Waals surface area contributed by atoms with Gasteiger partial charge in [0.1, 0.15) is 19.0 Å². The van der Waals surface area contributed by atoms with Crippen molar-refractivity contribution in [1.29, 1.82) is 0 Å². The highest BCUT2D eigenvalue weighted by Crippen LogP contribution is 2.42. The Morgan fingerprint density at radius 3 is 2.57 bits per heavy atom. The highest BCUT2D eigenvalue weighted by atomic mass is 32.2. The molecular weight excluding hydrogens is 472 g/mol. The molecule has 3 N–H and O–H groups in total. The molecule has 1 fully saturated rings. The molecule has 3 aromatic rings. The Hall–Kier alpha value is -3.18. The van der Waals surface area contributed by atoms with Gasteiger partial charge in [0.2, 0.25) is 5.91 Å². The fourth-order valence-electron chi connectivity index (χ4n) is 5.14. The Labute approximate surface area is 204 Å². The lowest BCUT2D eigenvalue weighted by Crippen LogP contribution is -2.36. The van der Waals surface area contributed by atoms with Gasteiger partial charge in [-0.2, -0.15) is 0 Å². The molecule has 3 aliphatic rings. The molecule has 0 radical (unpaired) electrons. The molecule has 10 nitrogen and oxygen atoms in total. The first-order valence-corrected chi connectivity index (χ1v) is 12.7. The number of anilines is 1. The van der Waals surface area contributed by atoms with Gasteiger partial charge in [-0.15, -0.1) is 11.8 Å². The van der Waals surface area contributed by atoms with Crippen LogP contribution in [-0.4, -0.2) is 51.8 Å². The van der Waals surface area contributed by atoms with E-state index < -0.39 is 5.25 Å². The van der Waals surface area contributed by atoms with Crippen molar-refractivity contribution in [2.75, 3.05) is 30.9 Å². The lowest BCUT2D eigenvalue weighted by Gasteiger charge is -2.36. The summed E-state index contributed by atoms with van der Waals surface area (Å²) in [7, 11) is 0. The van der Waals surface area contributed by atoms with Crippen LogP contribution >= 0.6 is 11.8 Å². The molecule has 0 aliphatic carbocycles. The second-order valence-corrected chi connectivity index (χ2v) is 10.8. The van der Waals surface area contributed by atoms with Crippen molar-refractivity contribution in [1.82, 2.24) is 14.8 Å². The number of amides is 1. The summed E-state index contributed by atoms with van der Waals surface area (Å²) >= 11 is 1.27. The van der Waals surface area contributed by atoms with Crippen LogP contribution in [0.15, 0.2) is 27.8 Å². The zero-order valence-electron chi connectivity index (χ0n) is 19.4. The molecule has 2 unspecified atom stereocenters. The number of nitrogens with zero attached hydrogens (tertiary/aromatic N) is 1. The fraction of sp³-hybridized carbons (Fsp3) is 0.458. The third-order valence-electron chi connectivity index (χ3n) is 6.72. The van der Waals surface area contributed by atoms with Crippen molar-refractivity contribution >= 4 is 34.4 Å². The number of aromatic amines is 2. The first-order valence-electron chi connectivity index (χ1n) is 11.7. The van der Waals surface area contributed by atoms with Crippen molar-refractivity contribution < 1.29 is 19.0 Å². The van der Waals surface area contributed by atoms with Gasteiger partial charge in [-0.05, 0) is 38.8 Å². The number of ether oxygens (including phenoxy) is 3. The second-order valence-electron chi connectivity index (χ2n) is 9.70. The van der Waals surface area contributed by atoms with E-state index in [4.69, 9.17) is 14.2 Å². The average molecular weight is 499 g/mol. The zero-order chi connectivity index (χ0) is 24.3. The number of aromatic nitrogens is 3. The summed E-state index contributed by atoms with van der Waals surface area (Å²) < 4.78 is 18.9. The van der Waals surface area contributed by atoms with E-state index in [1.165, 1.54) is 11.8 Å². The second kappa shape index (κ2) is 8.20. The third-order valence-corrected chi connectivity index (χ3v) is 7.97. The number of H-pyrrole nitrogens is 2. The van der Waals surface area contributed by atoms with Gasteiger partial charge in [0.15, 0.2) is 11.5 Å². The van der Waals surface area contributed by atoms with E-state index in [-0.39, 0.29) is 34.4 Å². The van der Waals surface area contributed by atoms with E-state index in [0.29, 0.717) is 66.6 Å². The molecule has 0 bridgehead atoms. The van der Waals surface area contributed by atoms with Gasteiger partial charge in [-0.3, -0.25) is 24.2 Å². The molecule has 0 saturated carbocycles. The van der Waals surface area contributed by atoms with Gasteiger partial charge >= 0.3 is 0 Å². The minimum absolute atomic E-state index is 0.0437. The Morgan fingerprint density at radius 2 is 1.80 bits per heavy atom. The predicted molar refractivity (Wildman–Crippen MR) is 132 cm³/mol. The maximum atomic E-state index is 13.3. The number of carbonyl (C=O) groups is 1. The quantitative estimate of drug-likeness (QED) is 0.496. The number of pyridine rings is 1. The van der Waals surface area contributed by atoms with Crippen LogP contribution in [0.2, 0.25) is 0 Å². The lowest BCUT2D eigenvalue weighted by molar-refractivity contribution is -0.113. The normalized spacial score (nSPS) is 23.4. The first-order chi connectivity index (χ1) is 16.8. The van der Waals surface area contributed by atoms with Crippen LogP contribution in [0, 0.1) is 0 Å². The number of hydrogen-bond donors (Lipinski definition) is 3. The minimum Gasteiger partial charge on any atom is -0.486 e. The van der Waals surface area contributed by atoms with Crippen LogP contribution in [0.5, 0.6) is 11.5 Å². The smallest absolute Gasteiger partial charge is 0.270 e. The average Bonchev–Trinajstić information content (AvgIpc) is 3.02. The lowest BCUT2D eigenvalue weighted by atomic mass is 9.94. The number of benzene rings is 1. The van der Waals surface area contributed by atoms with E-state index in [0.717, 1.165) is 5.39 Å². The number of rotatable bonds is 2. The van der Waals surface area contributed by atoms with Gasteiger partial charge in [0.25, 0.3) is 11.1 Å². The largest absolute Gasteiger partial charge is 0.486 e. The molecule has 2 aromatic heterocycles. The standard InChI is InChI=1S/C24H26N4O6S/c1-24(2)10-13(3-4-34-24)28-21-19(23(31)27-28)20(35-11-18(29)26-21)14-7-12-8-16-17(33-6-5-32-16)9-15(12)25-22(14)30/h7-9,13,20H,3-6,10-11H2,1-2H3,(H,25,30)(H,26,29)(H,27,31). The molecule has 2 atom stereocenters. The fourth-order valence-corrected chi connectivity index (χ4v) is 6.27. The highest BCUT2D eigenvalue weighted by molar-refractivity contribution is 8.00. The molecule has 1 saturated heterocycles. The topological polar surface area (TPSA) is 127 Å². The van der Waals surface area contributed by atoms with E-state index >= 15 is 0 Å². The van der Waals surface area contributed by atoms with Crippen LogP contribution in [0.25, 0.3) is 10.9 Å². The molecule has 35 heavy (non-hydrogen) atoms. The van der Waals surface area contributed by atoms with E-state index in [1.54, 1.807) is 16.8 Å². The molecule has 1 aromatic carbocycles. The monoisotopic (exact) mass is 498 g/mol. The molecule has 1 amide bonds. The van der Waals surface area contributed by atoms with Crippen LogP contribution in [0.4, 0.5) is 5.82 Å². The van der Waals surface area contributed by atoms with Gasteiger partial charge in [0, 0.05) is 23.6 Å². The minimum atomic E-state index is -0.622. The van der Waals surface area contributed by atoms with Gasteiger partial charge in [0.05, 0.1) is 33.7 Å². The molecule has 11 heteroatoms. The molecule has 6 rings (SSSR count). The summed E-state index contributed by atoms with van der Waals surface area (Å²) in [6.45, 7) is 5.49. The Bertz CT molecular complexity index is 1450. The van der Waals surface area contributed by atoms with Crippen LogP contribution in [-0.2, 0) is 9.53 Å². The molecule has 3 aliphatic heterocycles. The first kappa shape index (κ1) is 22.3. The molecule has 184 valence electrons. The van der Waals surface area contributed by atoms with Crippen molar-refractivity contribution in [2.45, 2.75) is 43.6 Å². The number of fused-ring (bicyclic) bond motifs is 3. The maximum Gasteiger partial charge on any atom is 0.270 e. The maximum absolute atomic E-state index is 13.3. The van der Waals surface area contributed by atoms with Crippen LogP contribution in [0.1, 0.15) is 49.1 Å². The SMILES string of the molecule is CC1(C)CC(n2[nH]c(=O)c3c2NC(=O)CSC3c2cc3cc4c(cc3[nH]c2=O)OCCO4)CCO1. The van der Waals surface area contributed by atoms with Crippen LogP contribution in [0.3, 0.4) is 0 Å². The number of thioether (sulfide) groups is 1. The van der Waals surface area contributed by atoms with Gasteiger partial charge in [-0.25, -0.2) is 0 Å². The molecule has 5 heterocycles. The van der Waals surface area contributed by atoms with E-state index in [9.17, 15) is 14.4 Å². The van der Waals surface area contributed by atoms with Gasteiger partial charge < -0.3 is 24.5 Å². The van der Waals surface area contributed by atoms with Crippen molar-refractivity contribution in [3.05, 3.63) is 50.0 Å². The number of carbonyl (C=O) groups excluding carboxylic acids is 1. The molecule has 0 spiro atoms. The molecular formula is C24H26N4O6S. The Kier molecular flexibility index (Phi) is 5.22. The predicted octanol–water partition coefficient (Wildman–Crippen LogP) is 2.69. The zero-order valence-corrected chi connectivity index (χ0v) is 20.3. The summed E-state index contributed by atoms with van der Waals surface area (Å²) in [5.41, 5.74) is 0.435. The van der Waals surface area contributed by atoms with Crippen molar-refractivity contribution in [2.24, 2.45) is 0 Å². The number of nitrogens with one attached hydrogen (secondary N) is 3. The van der Waals surface area contributed by atoms with E-state index in [2.05, 4.69) is 15.4 Å². The number of hydrogen-bond acceptors (Lipinski definition) is 7. The summed E-state index contributed by atoms with van der Waals surface area (Å²) in [4.78, 5) is 42.1. The van der Waals surface area contributed by atoms with Crippen LogP contribution < -0.4 is 25.9 Å². The summed E-state index contributed by atoms with van der Waals surface area (Å²) in [6.07, 6.45) is 1.39. The summed E-state index contributed by atoms with van der Waals surface area (Å²) in [6, 6.07) is 5.31. The summed E-state index contributed by atoms with van der Waals surface area (Å²) in [5, 5.41) is 5.99. The van der Waals surface area contributed by atoms with E-state index in [1.807, 2.05) is 19.9 Å². The highest BCUT2D eigenvalue weighted by Gasteiger charge is 2.36.